The summed E-state index contributed by atoms with van der Waals surface area (Å²) in [5, 5.41) is 17.7. The van der Waals surface area contributed by atoms with Gasteiger partial charge in [0.1, 0.15) is 11.6 Å². The Balaban J connectivity index is 2.24. The van der Waals surface area contributed by atoms with E-state index in [0.29, 0.717) is 0 Å². The zero-order valence-corrected chi connectivity index (χ0v) is 13.9. The van der Waals surface area contributed by atoms with E-state index in [4.69, 9.17) is 10.4 Å². The van der Waals surface area contributed by atoms with Gasteiger partial charge in [-0.25, -0.2) is 4.79 Å². The molecule has 0 aliphatic heterocycles. The molecule has 0 spiro atoms. The number of carboxylic acid groups (broad SMARTS) is 1. The lowest BCUT2D eigenvalue weighted by molar-refractivity contribution is -0.132. The Labute approximate surface area is 139 Å². The quantitative estimate of drug-likeness (QED) is 0.636. The van der Waals surface area contributed by atoms with Crippen LogP contribution in [0.5, 0.6) is 0 Å². The standard InChI is InChI=1S/C18H18N2O2S/c1-3-20(4-2)15-7-5-13(6-8-15)17-10-9-16(23-17)11-14(12-19)18(21)22/h5-11H,3-4H2,1-2H3,(H,21,22)/b14-11+. The van der Waals surface area contributed by atoms with Crippen LogP contribution in [0.15, 0.2) is 42.0 Å². The summed E-state index contributed by atoms with van der Waals surface area (Å²) in [6.07, 6.45) is 1.40. The molecule has 0 aliphatic carbocycles. The van der Waals surface area contributed by atoms with Gasteiger partial charge in [0.25, 0.3) is 0 Å². The Morgan fingerprint density at radius 1 is 1.22 bits per heavy atom. The van der Waals surface area contributed by atoms with E-state index in [2.05, 4.69) is 43.0 Å². The van der Waals surface area contributed by atoms with Crippen LogP contribution in [-0.4, -0.2) is 24.2 Å². The second kappa shape index (κ2) is 7.61. The van der Waals surface area contributed by atoms with Gasteiger partial charge in [-0.3, -0.25) is 0 Å². The van der Waals surface area contributed by atoms with Crippen LogP contribution >= 0.6 is 11.3 Å². The van der Waals surface area contributed by atoms with Crippen LogP contribution in [0.1, 0.15) is 18.7 Å². The molecule has 0 saturated carbocycles. The molecule has 0 unspecified atom stereocenters. The van der Waals surface area contributed by atoms with E-state index in [0.717, 1.165) is 28.4 Å². The molecule has 0 atom stereocenters. The summed E-state index contributed by atoms with van der Waals surface area (Å²) in [6, 6.07) is 13.8. The predicted molar refractivity (Wildman–Crippen MR) is 94.5 cm³/mol. The number of nitrogens with zero attached hydrogens (tertiary/aromatic N) is 2. The minimum Gasteiger partial charge on any atom is -0.477 e. The van der Waals surface area contributed by atoms with Crippen LogP contribution in [-0.2, 0) is 4.79 Å². The van der Waals surface area contributed by atoms with Crippen molar-refractivity contribution in [1.82, 2.24) is 0 Å². The fourth-order valence-electron chi connectivity index (χ4n) is 2.29. The first-order chi connectivity index (χ1) is 11.1. The van der Waals surface area contributed by atoms with Crippen LogP contribution in [0, 0.1) is 11.3 Å². The van der Waals surface area contributed by atoms with Gasteiger partial charge < -0.3 is 10.0 Å². The molecule has 2 aromatic rings. The molecule has 2 rings (SSSR count). The molecule has 118 valence electrons. The van der Waals surface area contributed by atoms with E-state index in [1.165, 1.54) is 23.1 Å². The van der Waals surface area contributed by atoms with E-state index in [9.17, 15) is 4.79 Å². The molecule has 1 aromatic carbocycles. The second-order valence-corrected chi connectivity index (χ2v) is 6.01. The van der Waals surface area contributed by atoms with Gasteiger partial charge in [-0.2, -0.15) is 5.26 Å². The lowest BCUT2D eigenvalue weighted by atomic mass is 10.1. The van der Waals surface area contributed by atoms with Gasteiger partial charge in [0.2, 0.25) is 0 Å². The van der Waals surface area contributed by atoms with Gasteiger partial charge in [0.05, 0.1) is 0 Å². The van der Waals surface area contributed by atoms with Gasteiger partial charge in [0.15, 0.2) is 0 Å². The Bertz CT molecular complexity index is 750. The average molecular weight is 326 g/mol. The molecule has 0 bridgehead atoms. The molecular formula is C18H18N2O2S. The molecule has 23 heavy (non-hydrogen) atoms. The van der Waals surface area contributed by atoms with Crippen LogP contribution < -0.4 is 4.90 Å². The highest BCUT2D eigenvalue weighted by Gasteiger charge is 2.08. The zero-order chi connectivity index (χ0) is 16.8. The maximum atomic E-state index is 10.9. The third kappa shape index (κ3) is 3.99. The van der Waals surface area contributed by atoms with Gasteiger partial charge in [-0.1, -0.05) is 12.1 Å². The fourth-order valence-corrected chi connectivity index (χ4v) is 3.25. The zero-order valence-electron chi connectivity index (χ0n) is 13.1. The van der Waals surface area contributed by atoms with Gasteiger partial charge in [0, 0.05) is 28.5 Å². The van der Waals surface area contributed by atoms with Gasteiger partial charge in [-0.05, 0) is 49.8 Å². The molecule has 1 heterocycles. The number of carboxylic acids is 1. The first-order valence-corrected chi connectivity index (χ1v) is 8.21. The van der Waals surface area contributed by atoms with Gasteiger partial charge in [-0.15, -0.1) is 11.3 Å². The maximum Gasteiger partial charge on any atom is 0.346 e. The van der Waals surface area contributed by atoms with Crippen LogP contribution in [0.4, 0.5) is 5.69 Å². The monoisotopic (exact) mass is 326 g/mol. The van der Waals surface area contributed by atoms with Crippen molar-refractivity contribution < 1.29 is 9.90 Å². The molecule has 4 nitrogen and oxygen atoms in total. The summed E-state index contributed by atoms with van der Waals surface area (Å²) in [4.78, 5) is 15.0. The first-order valence-electron chi connectivity index (χ1n) is 7.39. The highest BCUT2D eigenvalue weighted by Crippen LogP contribution is 2.30. The molecular weight excluding hydrogens is 308 g/mol. The number of anilines is 1. The number of aliphatic carboxylic acids is 1. The van der Waals surface area contributed by atoms with E-state index in [-0.39, 0.29) is 5.57 Å². The van der Waals surface area contributed by atoms with Crippen LogP contribution in [0.25, 0.3) is 16.5 Å². The summed E-state index contributed by atoms with van der Waals surface area (Å²) in [6.45, 7) is 6.20. The number of carbonyl (C=O) groups is 1. The van der Waals surface area contributed by atoms with Gasteiger partial charge >= 0.3 is 5.97 Å². The largest absolute Gasteiger partial charge is 0.477 e. The minimum atomic E-state index is -1.20. The Kier molecular flexibility index (Phi) is 5.56. The molecule has 0 saturated heterocycles. The van der Waals surface area contributed by atoms with Crippen molar-refractivity contribution in [2.75, 3.05) is 18.0 Å². The SMILES string of the molecule is CCN(CC)c1ccc(-c2ccc(/C=C(\C#N)C(=O)O)s2)cc1. The van der Waals surface area contributed by atoms with E-state index >= 15 is 0 Å². The third-order valence-electron chi connectivity index (χ3n) is 3.54. The first kappa shape index (κ1) is 16.8. The Morgan fingerprint density at radius 3 is 2.39 bits per heavy atom. The molecule has 0 amide bonds. The van der Waals surface area contributed by atoms with Crippen molar-refractivity contribution in [3.63, 3.8) is 0 Å². The lowest BCUT2D eigenvalue weighted by Crippen LogP contribution is -2.21. The lowest BCUT2D eigenvalue weighted by Gasteiger charge is -2.21. The summed E-state index contributed by atoms with van der Waals surface area (Å²) >= 11 is 1.47. The molecule has 1 aromatic heterocycles. The molecule has 0 aliphatic rings. The van der Waals surface area contributed by atoms with Crippen molar-refractivity contribution >= 4 is 29.1 Å². The van der Waals surface area contributed by atoms with E-state index < -0.39 is 5.97 Å². The maximum absolute atomic E-state index is 10.9. The van der Waals surface area contributed by atoms with E-state index in [1.807, 2.05) is 12.1 Å². The summed E-state index contributed by atoms with van der Waals surface area (Å²) < 4.78 is 0. The predicted octanol–water partition coefficient (Wildman–Crippen LogP) is 4.25. The van der Waals surface area contributed by atoms with Crippen LogP contribution in [0.3, 0.4) is 0 Å². The number of hydrogen-bond donors (Lipinski definition) is 1. The average Bonchev–Trinajstić information content (AvgIpc) is 3.03. The third-order valence-corrected chi connectivity index (χ3v) is 4.63. The van der Waals surface area contributed by atoms with Crippen molar-refractivity contribution in [3.8, 4) is 16.5 Å². The van der Waals surface area contributed by atoms with Crippen molar-refractivity contribution in [2.24, 2.45) is 0 Å². The number of thiophene rings is 1. The fraction of sp³-hybridized carbons (Fsp3) is 0.222. The molecule has 1 N–H and O–H groups in total. The molecule has 0 radical (unpaired) electrons. The molecule has 5 heteroatoms. The van der Waals surface area contributed by atoms with E-state index in [1.54, 1.807) is 6.07 Å². The summed E-state index contributed by atoms with van der Waals surface area (Å²) in [5.41, 5.74) is 2.02. The number of nitriles is 1. The van der Waals surface area contributed by atoms with Crippen molar-refractivity contribution in [1.29, 1.82) is 5.26 Å². The minimum absolute atomic E-state index is 0.254. The smallest absolute Gasteiger partial charge is 0.346 e. The Hall–Kier alpha value is -2.58. The van der Waals surface area contributed by atoms with Crippen molar-refractivity contribution in [3.05, 3.63) is 46.8 Å². The number of rotatable bonds is 6. The Morgan fingerprint density at radius 2 is 1.87 bits per heavy atom. The van der Waals surface area contributed by atoms with Crippen LogP contribution in [0.2, 0.25) is 0 Å². The molecule has 0 fully saturated rings. The normalized spacial score (nSPS) is 11.1. The number of benzene rings is 1. The van der Waals surface area contributed by atoms with Crippen molar-refractivity contribution in [2.45, 2.75) is 13.8 Å². The second-order valence-electron chi connectivity index (χ2n) is 4.90. The highest BCUT2D eigenvalue weighted by atomic mass is 32.1. The summed E-state index contributed by atoms with van der Waals surface area (Å²) in [5.74, 6) is -1.20. The highest BCUT2D eigenvalue weighted by molar-refractivity contribution is 7.16. The topological polar surface area (TPSA) is 64.3 Å². The summed E-state index contributed by atoms with van der Waals surface area (Å²) in [7, 11) is 0. The number of hydrogen-bond acceptors (Lipinski definition) is 4.